The van der Waals surface area contributed by atoms with Crippen molar-refractivity contribution in [1.29, 1.82) is 5.26 Å². The van der Waals surface area contributed by atoms with Gasteiger partial charge in [0.15, 0.2) is 17.3 Å². The van der Waals surface area contributed by atoms with E-state index < -0.39 is 5.82 Å². The number of fused-ring (bicyclic) bond motifs is 1. The van der Waals surface area contributed by atoms with Crippen molar-refractivity contribution in [2.75, 3.05) is 25.0 Å². The second-order valence-electron chi connectivity index (χ2n) is 8.44. The Morgan fingerprint density at radius 2 is 2.11 bits per heavy atom. The Hall–Kier alpha value is -3.83. The summed E-state index contributed by atoms with van der Waals surface area (Å²) in [6, 6.07) is 8.90. The molecule has 0 bridgehead atoms. The maximum absolute atomic E-state index is 14.9. The van der Waals surface area contributed by atoms with Crippen LogP contribution in [0.15, 0.2) is 43.1 Å². The summed E-state index contributed by atoms with van der Waals surface area (Å²) >= 11 is 6.11. The lowest BCUT2D eigenvalue weighted by atomic mass is 10.1. The van der Waals surface area contributed by atoms with Gasteiger partial charge >= 0.3 is 0 Å². The number of pyridine rings is 1. The number of likely N-dealkylation sites (tertiary alicyclic amines) is 1. The third kappa shape index (κ3) is 5.07. The molecule has 4 rings (SSSR count). The van der Waals surface area contributed by atoms with Gasteiger partial charge in [0.25, 0.3) is 0 Å². The van der Waals surface area contributed by atoms with Crippen molar-refractivity contribution >= 4 is 39.8 Å². The van der Waals surface area contributed by atoms with Crippen LogP contribution in [0.3, 0.4) is 0 Å². The van der Waals surface area contributed by atoms with Crippen LogP contribution in [0.25, 0.3) is 10.9 Å². The van der Waals surface area contributed by atoms with Crippen molar-refractivity contribution in [2.24, 2.45) is 0 Å². The summed E-state index contributed by atoms with van der Waals surface area (Å²) < 4.78 is 27.0. The molecular formula is C27H26ClFN4O3. The second-order valence-corrected chi connectivity index (χ2v) is 8.82. The first-order chi connectivity index (χ1) is 17.4. The van der Waals surface area contributed by atoms with Crippen LogP contribution in [-0.2, 0) is 4.79 Å². The lowest BCUT2D eigenvalue weighted by Crippen LogP contribution is -2.41. The number of halogens is 2. The monoisotopic (exact) mass is 508 g/mol. The standard InChI is InChI=1S/C27H26ClFN4O3/c1-4-24(34)33-10-8-18(9-11-33)36-23-12-19-21(13-22(23)35-5-2)31-15-17(14-30)27(19)32-20-7-6-16(3)25(28)26(20)29/h4,6-7,12-13,15,18H,1,5,8-11H2,2-3H3,(H,31,32). The molecular weight excluding hydrogens is 483 g/mol. The van der Waals surface area contributed by atoms with E-state index in [1.165, 1.54) is 12.3 Å². The van der Waals surface area contributed by atoms with Crippen molar-refractivity contribution in [1.82, 2.24) is 9.88 Å². The lowest BCUT2D eigenvalue weighted by molar-refractivity contribution is -0.127. The minimum atomic E-state index is -0.603. The first-order valence-electron chi connectivity index (χ1n) is 11.7. The second kappa shape index (κ2) is 10.8. The third-order valence-corrected chi connectivity index (χ3v) is 6.57. The Kier molecular flexibility index (Phi) is 7.61. The SMILES string of the molecule is C=CC(=O)N1CCC(Oc2cc3c(Nc4ccc(C)c(Cl)c4F)c(C#N)cnc3cc2OCC)CC1. The van der Waals surface area contributed by atoms with E-state index in [0.717, 1.165) is 0 Å². The van der Waals surface area contributed by atoms with Crippen LogP contribution in [0.2, 0.25) is 5.02 Å². The van der Waals surface area contributed by atoms with E-state index in [4.69, 9.17) is 21.1 Å². The van der Waals surface area contributed by atoms with E-state index in [2.05, 4.69) is 22.9 Å². The molecule has 0 aliphatic carbocycles. The Morgan fingerprint density at radius 1 is 1.36 bits per heavy atom. The van der Waals surface area contributed by atoms with Crippen LogP contribution in [0.5, 0.6) is 11.5 Å². The van der Waals surface area contributed by atoms with Gasteiger partial charge in [0.2, 0.25) is 5.91 Å². The molecule has 7 nitrogen and oxygen atoms in total. The minimum absolute atomic E-state index is 0.0146. The highest BCUT2D eigenvalue weighted by Gasteiger charge is 2.24. The molecule has 3 aromatic rings. The van der Waals surface area contributed by atoms with Crippen molar-refractivity contribution in [2.45, 2.75) is 32.8 Å². The Bertz CT molecular complexity index is 1360. The van der Waals surface area contributed by atoms with E-state index in [-0.39, 0.29) is 28.3 Å². The Morgan fingerprint density at radius 3 is 2.78 bits per heavy atom. The van der Waals surface area contributed by atoms with Crippen molar-refractivity contribution in [3.8, 4) is 17.6 Å². The fourth-order valence-corrected chi connectivity index (χ4v) is 4.32. The number of aromatic nitrogens is 1. The van der Waals surface area contributed by atoms with Gasteiger partial charge in [-0.25, -0.2) is 4.39 Å². The number of hydrogen-bond donors (Lipinski definition) is 1. The maximum Gasteiger partial charge on any atom is 0.245 e. The fourth-order valence-electron chi connectivity index (χ4n) is 4.16. The van der Waals surface area contributed by atoms with Gasteiger partial charge in [0.1, 0.15) is 12.2 Å². The minimum Gasteiger partial charge on any atom is -0.490 e. The van der Waals surface area contributed by atoms with E-state index in [1.807, 2.05) is 6.92 Å². The van der Waals surface area contributed by atoms with Gasteiger partial charge in [-0.05, 0) is 37.6 Å². The number of ether oxygens (including phenoxy) is 2. The summed E-state index contributed by atoms with van der Waals surface area (Å²) in [7, 11) is 0. The molecule has 0 saturated carbocycles. The zero-order valence-corrected chi connectivity index (χ0v) is 20.9. The molecule has 0 unspecified atom stereocenters. The molecule has 186 valence electrons. The van der Waals surface area contributed by atoms with Gasteiger partial charge in [-0.2, -0.15) is 5.26 Å². The topological polar surface area (TPSA) is 87.5 Å². The number of nitrogens with zero attached hydrogens (tertiary/aromatic N) is 3. The summed E-state index contributed by atoms with van der Waals surface area (Å²) in [5.74, 6) is 0.305. The van der Waals surface area contributed by atoms with Gasteiger partial charge in [-0.3, -0.25) is 9.78 Å². The molecule has 0 atom stereocenters. The molecule has 0 spiro atoms. The number of benzene rings is 2. The number of carbonyl (C=O) groups excluding carboxylic acids is 1. The number of amides is 1. The molecule has 2 aromatic carbocycles. The highest BCUT2D eigenvalue weighted by molar-refractivity contribution is 6.31. The molecule has 1 aliphatic heterocycles. The van der Waals surface area contributed by atoms with Crippen LogP contribution in [0.1, 0.15) is 30.9 Å². The number of piperidine rings is 1. The number of carbonyl (C=O) groups is 1. The molecule has 1 N–H and O–H groups in total. The smallest absolute Gasteiger partial charge is 0.245 e. The summed E-state index contributed by atoms with van der Waals surface area (Å²) in [5, 5.41) is 13.4. The number of hydrogen-bond acceptors (Lipinski definition) is 6. The third-order valence-electron chi connectivity index (χ3n) is 6.11. The van der Waals surface area contributed by atoms with E-state index >= 15 is 0 Å². The summed E-state index contributed by atoms with van der Waals surface area (Å²) in [4.78, 5) is 18.0. The van der Waals surface area contributed by atoms with Crippen molar-refractivity contribution < 1.29 is 18.7 Å². The van der Waals surface area contributed by atoms with Crippen molar-refractivity contribution in [3.05, 3.63) is 65.1 Å². The zero-order valence-electron chi connectivity index (χ0n) is 20.1. The van der Waals surface area contributed by atoms with E-state index in [0.29, 0.717) is 66.2 Å². The van der Waals surface area contributed by atoms with Gasteiger partial charge in [-0.1, -0.05) is 24.2 Å². The summed E-state index contributed by atoms with van der Waals surface area (Å²) in [5.41, 5.74) is 1.94. The number of nitriles is 1. The van der Waals surface area contributed by atoms with E-state index in [1.54, 1.807) is 36.1 Å². The van der Waals surface area contributed by atoms with Crippen LogP contribution >= 0.6 is 11.6 Å². The van der Waals surface area contributed by atoms with Crippen LogP contribution in [0, 0.1) is 24.1 Å². The quantitative estimate of drug-likeness (QED) is 0.399. The first kappa shape index (κ1) is 25.3. The predicted molar refractivity (Wildman–Crippen MR) is 137 cm³/mol. The Balaban J connectivity index is 1.73. The first-order valence-corrected chi connectivity index (χ1v) is 12.0. The maximum atomic E-state index is 14.9. The molecule has 9 heteroatoms. The summed E-state index contributed by atoms with van der Waals surface area (Å²) in [6.07, 6.45) is 3.92. The average molecular weight is 509 g/mol. The highest BCUT2D eigenvalue weighted by Crippen LogP contribution is 2.39. The van der Waals surface area contributed by atoms with Crippen LogP contribution in [-0.4, -0.2) is 41.6 Å². The molecule has 0 radical (unpaired) electrons. The van der Waals surface area contributed by atoms with Crippen LogP contribution < -0.4 is 14.8 Å². The lowest BCUT2D eigenvalue weighted by Gasteiger charge is -2.32. The van der Waals surface area contributed by atoms with Crippen LogP contribution in [0.4, 0.5) is 15.8 Å². The van der Waals surface area contributed by atoms with Gasteiger partial charge in [0, 0.05) is 43.6 Å². The summed E-state index contributed by atoms with van der Waals surface area (Å²) in [6.45, 7) is 8.68. The Labute approximate surface area is 214 Å². The number of nitrogens with one attached hydrogen (secondary N) is 1. The molecule has 1 aromatic heterocycles. The number of anilines is 2. The molecule has 36 heavy (non-hydrogen) atoms. The van der Waals surface area contributed by atoms with E-state index in [9.17, 15) is 14.4 Å². The number of rotatable bonds is 7. The normalized spacial score (nSPS) is 13.8. The number of aryl methyl sites for hydroxylation is 1. The van der Waals surface area contributed by atoms with Crippen molar-refractivity contribution in [3.63, 3.8) is 0 Å². The molecule has 1 aliphatic rings. The van der Waals surface area contributed by atoms with Gasteiger partial charge < -0.3 is 19.7 Å². The molecule has 1 saturated heterocycles. The highest BCUT2D eigenvalue weighted by atomic mass is 35.5. The zero-order chi connectivity index (χ0) is 25.8. The average Bonchev–Trinajstić information content (AvgIpc) is 2.89. The van der Waals surface area contributed by atoms with Gasteiger partial charge in [0.05, 0.1) is 34.1 Å². The predicted octanol–water partition coefficient (Wildman–Crippen LogP) is 5.91. The van der Waals surface area contributed by atoms with Gasteiger partial charge in [-0.15, -0.1) is 0 Å². The molecule has 2 heterocycles. The molecule has 1 amide bonds. The molecule has 1 fully saturated rings. The fraction of sp³-hybridized carbons (Fsp3) is 0.296. The largest absolute Gasteiger partial charge is 0.490 e.